The molecule has 0 amide bonds. The van der Waals surface area contributed by atoms with Crippen LogP contribution >= 0.6 is 0 Å². The van der Waals surface area contributed by atoms with Gasteiger partial charge in [0.15, 0.2) is 5.69 Å². The minimum Gasteiger partial charge on any atom is -0.497 e. The zero-order valence-corrected chi connectivity index (χ0v) is 15.2. The highest BCUT2D eigenvalue weighted by Gasteiger charge is 2.34. The van der Waals surface area contributed by atoms with Crippen LogP contribution in [0.1, 0.15) is 26.5 Å². The van der Waals surface area contributed by atoms with Gasteiger partial charge in [0.05, 0.1) is 14.2 Å². The van der Waals surface area contributed by atoms with Crippen LogP contribution in [0.4, 0.5) is 30.6 Å². The molecule has 0 fully saturated rings. The van der Waals surface area contributed by atoms with Crippen LogP contribution < -0.4 is 20.1 Å². The van der Waals surface area contributed by atoms with Crippen LogP contribution in [0, 0.1) is 0 Å². The lowest BCUT2D eigenvalue weighted by Gasteiger charge is -2.21. The van der Waals surface area contributed by atoms with Gasteiger partial charge in [-0.25, -0.2) is 4.98 Å². The number of hydrogen-bond donors (Lipinski definition) is 2. The number of nitrogens with zero attached hydrogens (tertiary/aromatic N) is 2. The Kier molecular flexibility index (Phi) is 5.48. The van der Waals surface area contributed by atoms with E-state index in [4.69, 9.17) is 9.47 Å². The van der Waals surface area contributed by atoms with Gasteiger partial charge in [-0.2, -0.15) is 18.2 Å². The summed E-state index contributed by atoms with van der Waals surface area (Å²) in [6.07, 6.45) is -4.60. The van der Waals surface area contributed by atoms with Crippen molar-refractivity contribution in [3.05, 3.63) is 30.0 Å². The lowest BCUT2D eigenvalue weighted by molar-refractivity contribution is -0.141. The molecule has 0 saturated carbocycles. The highest BCUT2D eigenvalue weighted by atomic mass is 19.4. The third kappa shape index (κ3) is 5.40. The van der Waals surface area contributed by atoms with E-state index in [1.807, 2.05) is 0 Å². The predicted molar refractivity (Wildman–Crippen MR) is 93.2 cm³/mol. The molecule has 142 valence electrons. The molecule has 6 nitrogen and oxygen atoms in total. The molecular weight excluding hydrogens is 349 g/mol. The molecule has 0 bridgehead atoms. The van der Waals surface area contributed by atoms with Crippen LogP contribution in [0.2, 0.25) is 0 Å². The molecule has 0 saturated heterocycles. The first-order chi connectivity index (χ1) is 12.0. The van der Waals surface area contributed by atoms with Crippen molar-refractivity contribution < 1.29 is 22.6 Å². The number of halogens is 3. The number of ether oxygens (including phenoxy) is 2. The van der Waals surface area contributed by atoms with Crippen molar-refractivity contribution in [3.63, 3.8) is 0 Å². The van der Waals surface area contributed by atoms with Crippen LogP contribution in [0.5, 0.6) is 11.5 Å². The minimum absolute atomic E-state index is 0.00520. The highest BCUT2D eigenvalue weighted by molar-refractivity contribution is 5.62. The van der Waals surface area contributed by atoms with Crippen molar-refractivity contribution in [1.82, 2.24) is 9.97 Å². The zero-order valence-electron chi connectivity index (χ0n) is 15.2. The standard InChI is InChI=1S/C17H21F3N4O2/c1-16(2,3)24-15-22-13(17(18,19)20)9-14(23-15)21-10-6-11(25-4)8-12(7-10)26-5/h6-9H,1-5H3,(H2,21,22,23,24). The number of aromatic nitrogens is 2. The fourth-order valence-corrected chi connectivity index (χ4v) is 2.08. The van der Waals surface area contributed by atoms with Crippen molar-refractivity contribution in [3.8, 4) is 11.5 Å². The van der Waals surface area contributed by atoms with Gasteiger partial charge in [-0.3, -0.25) is 0 Å². The van der Waals surface area contributed by atoms with Gasteiger partial charge in [-0.1, -0.05) is 0 Å². The Morgan fingerprint density at radius 1 is 0.885 bits per heavy atom. The van der Waals surface area contributed by atoms with Crippen LogP contribution in [0.25, 0.3) is 0 Å². The minimum atomic E-state index is -4.60. The monoisotopic (exact) mass is 370 g/mol. The maximum atomic E-state index is 13.2. The lowest BCUT2D eigenvalue weighted by Crippen LogP contribution is -2.28. The van der Waals surface area contributed by atoms with E-state index in [0.29, 0.717) is 17.2 Å². The van der Waals surface area contributed by atoms with Gasteiger partial charge in [0, 0.05) is 35.5 Å². The summed E-state index contributed by atoms with van der Waals surface area (Å²) in [7, 11) is 2.96. The number of benzene rings is 1. The largest absolute Gasteiger partial charge is 0.497 e. The van der Waals surface area contributed by atoms with Gasteiger partial charge in [-0.15, -0.1) is 0 Å². The fraction of sp³-hybridized carbons (Fsp3) is 0.412. The number of nitrogens with one attached hydrogen (secondary N) is 2. The van der Waals surface area contributed by atoms with E-state index in [0.717, 1.165) is 6.07 Å². The molecule has 2 rings (SSSR count). The van der Waals surface area contributed by atoms with E-state index in [9.17, 15) is 13.2 Å². The first-order valence-electron chi connectivity index (χ1n) is 7.75. The summed E-state index contributed by atoms with van der Waals surface area (Å²) in [4.78, 5) is 7.69. The number of hydrogen-bond acceptors (Lipinski definition) is 6. The smallest absolute Gasteiger partial charge is 0.433 e. The van der Waals surface area contributed by atoms with Crippen molar-refractivity contribution in [1.29, 1.82) is 0 Å². The molecule has 2 aromatic rings. The molecule has 2 N–H and O–H groups in total. The number of anilines is 3. The van der Waals surface area contributed by atoms with Crippen LogP contribution in [0.3, 0.4) is 0 Å². The Balaban J connectivity index is 2.43. The van der Waals surface area contributed by atoms with Crippen LogP contribution in [-0.2, 0) is 6.18 Å². The number of alkyl halides is 3. The first kappa shape index (κ1) is 19.6. The molecule has 0 aliphatic heterocycles. The third-order valence-electron chi connectivity index (χ3n) is 3.13. The van der Waals surface area contributed by atoms with Crippen molar-refractivity contribution in [2.24, 2.45) is 0 Å². The molecule has 9 heteroatoms. The van der Waals surface area contributed by atoms with Gasteiger partial charge >= 0.3 is 6.18 Å². The van der Waals surface area contributed by atoms with Crippen molar-refractivity contribution >= 4 is 17.5 Å². The summed E-state index contributed by atoms with van der Waals surface area (Å²) < 4.78 is 49.8. The van der Waals surface area contributed by atoms with E-state index in [1.54, 1.807) is 39.0 Å². The molecule has 0 atom stereocenters. The Labute approximate surface area is 149 Å². The molecule has 0 aliphatic carbocycles. The second-order valence-corrected chi connectivity index (χ2v) is 6.56. The van der Waals surface area contributed by atoms with E-state index in [1.165, 1.54) is 14.2 Å². The second kappa shape index (κ2) is 7.27. The molecule has 0 spiro atoms. The van der Waals surface area contributed by atoms with Gasteiger partial charge in [-0.05, 0) is 20.8 Å². The van der Waals surface area contributed by atoms with E-state index in [-0.39, 0.29) is 11.8 Å². The summed E-state index contributed by atoms with van der Waals surface area (Å²) in [5, 5.41) is 5.69. The van der Waals surface area contributed by atoms with Crippen molar-refractivity contribution in [2.75, 3.05) is 24.9 Å². The maximum absolute atomic E-state index is 13.2. The summed E-state index contributed by atoms with van der Waals surface area (Å²) >= 11 is 0. The average molecular weight is 370 g/mol. The fourth-order valence-electron chi connectivity index (χ4n) is 2.08. The molecule has 1 heterocycles. The van der Waals surface area contributed by atoms with Gasteiger partial charge in [0.1, 0.15) is 17.3 Å². The summed E-state index contributed by atoms with van der Waals surface area (Å²) in [5.41, 5.74) is -1.08. The number of rotatable bonds is 5. The average Bonchev–Trinajstić information content (AvgIpc) is 2.51. The first-order valence-corrected chi connectivity index (χ1v) is 7.75. The predicted octanol–water partition coefficient (Wildman–Crippen LogP) is 4.47. The summed E-state index contributed by atoms with van der Waals surface area (Å²) in [6.45, 7) is 5.41. The molecule has 0 unspecified atom stereocenters. The molecule has 0 radical (unpaired) electrons. The number of methoxy groups -OCH3 is 2. The van der Waals surface area contributed by atoms with Crippen LogP contribution in [-0.4, -0.2) is 29.7 Å². The molecule has 1 aromatic carbocycles. The lowest BCUT2D eigenvalue weighted by atomic mass is 10.1. The summed E-state index contributed by atoms with van der Waals surface area (Å²) in [6, 6.07) is 5.74. The third-order valence-corrected chi connectivity index (χ3v) is 3.13. The summed E-state index contributed by atoms with van der Waals surface area (Å²) in [5.74, 6) is 0.856. The quantitative estimate of drug-likeness (QED) is 0.810. The Bertz CT molecular complexity index is 751. The van der Waals surface area contributed by atoms with Crippen molar-refractivity contribution in [2.45, 2.75) is 32.5 Å². The SMILES string of the molecule is COc1cc(Nc2cc(C(F)(F)F)nc(NC(C)(C)C)n2)cc(OC)c1. The molecule has 26 heavy (non-hydrogen) atoms. The Hall–Kier alpha value is -2.71. The van der Waals surface area contributed by atoms with Gasteiger partial charge in [0.25, 0.3) is 0 Å². The van der Waals surface area contributed by atoms with E-state index in [2.05, 4.69) is 20.6 Å². The Morgan fingerprint density at radius 3 is 1.92 bits per heavy atom. The molecule has 0 aliphatic rings. The van der Waals surface area contributed by atoms with Gasteiger partial charge in [0.2, 0.25) is 5.95 Å². The van der Waals surface area contributed by atoms with E-state index < -0.39 is 17.4 Å². The van der Waals surface area contributed by atoms with Gasteiger partial charge < -0.3 is 20.1 Å². The normalized spacial score (nSPS) is 11.8. The van der Waals surface area contributed by atoms with Crippen LogP contribution in [0.15, 0.2) is 24.3 Å². The molecular formula is C17H21F3N4O2. The molecule has 1 aromatic heterocycles. The topological polar surface area (TPSA) is 68.3 Å². The highest BCUT2D eigenvalue weighted by Crippen LogP contribution is 2.32. The second-order valence-electron chi connectivity index (χ2n) is 6.56. The maximum Gasteiger partial charge on any atom is 0.433 e. The Morgan fingerprint density at radius 2 is 1.46 bits per heavy atom. The zero-order chi connectivity index (χ0) is 19.5. The van der Waals surface area contributed by atoms with E-state index >= 15 is 0 Å².